The van der Waals surface area contributed by atoms with E-state index in [9.17, 15) is 0 Å². The fourth-order valence-electron chi connectivity index (χ4n) is 5.60. The minimum absolute atomic E-state index is 0.506. The first-order valence-corrected chi connectivity index (χ1v) is 11.9. The van der Waals surface area contributed by atoms with Crippen molar-refractivity contribution in [1.29, 1.82) is 0 Å². The number of rotatable bonds is 6. The van der Waals surface area contributed by atoms with Gasteiger partial charge in [0.05, 0.1) is 0 Å². The third kappa shape index (κ3) is 3.68. The molecule has 0 spiro atoms. The van der Waals surface area contributed by atoms with Crippen LogP contribution in [0.25, 0.3) is 17.0 Å². The summed E-state index contributed by atoms with van der Waals surface area (Å²) in [5, 5.41) is 14.2. The zero-order valence-corrected chi connectivity index (χ0v) is 19.2. The Morgan fingerprint density at radius 2 is 1.61 bits per heavy atom. The molecular formula is C27H29N5O. The van der Waals surface area contributed by atoms with Crippen molar-refractivity contribution in [2.45, 2.75) is 50.7 Å². The Morgan fingerprint density at radius 3 is 2.36 bits per heavy atom. The molecule has 0 saturated heterocycles. The molecule has 33 heavy (non-hydrogen) atoms. The Bertz CT molecular complexity index is 1290. The lowest BCUT2D eigenvalue weighted by Crippen LogP contribution is -2.25. The fourth-order valence-corrected chi connectivity index (χ4v) is 5.60. The molecule has 168 valence electrons. The van der Waals surface area contributed by atoms with Gasteiger partial charge < -0.3 is 9.64 Å². The van der Waals surface area contributed by atoms with Crippen molar-refractivity contribution < 1.29 is 4.74 Å². The van der Waals surface area contributed by atoms with Crippen LogP contribution >= 0.6 is 0 Å². The Hall–Kier alpha value is -3.25. The van der Waals surface area contributed by atoms with Gasteiger partial charge in [0.25, 0.3) is 0 Å². The van der Waals surface area contributed by atoms with E-state index in [4.69, 9.17) is 9.84 Å². The maximum Gasteiger partial charge on any atom is 0.236 e. The van der Waals surface area contributed by atoms with E-state index in [0.29, 0.717) is 18.4 Å². The van der Waals surface area contributed by atoms with Crippen molar-refractivity contribution in [2.75, 3.05) is 14.1 Å². The van der Waals surface area contributed by atoms with E-state index < -0.39 is 0 Å². The highest BCUT2D eigenvalue weighted by Crippen LogP contribution is 2.53. The molecule has 0 radical (unpaired) electrons. The summed E-state index contributed by atoms with van der Waals surface area (Å²) < 4.78 is 8.38. The summed E-state index contributed by atoms with van der Waals surface area (Å²) >= 11 is 0. The van der Waals surface area contributed by atoms with E-state index in [2.05, 4.69) is 65.6 Å². The van der Waals surface area contributed by atoms with Crippen molar-refractivity contribution in [3.8, 4) is 17.3 Å². The van der Waals surface area contributed by atoms with Crippen molar-refractivity contribution in [3.05, 3.63) is 76.9 Å². The van der Waals surface area contributed by atoms with Crippen LogP contribution in [0.2, 0.25) is 0 Å². The van der Waals surface area contributed by atoms with Gasteiger partial charge in [-0.25, -0.2) is 0 Å². The first kappa shape index (κ1) is 20.4. The third-order valence-electron chi connectivity index (χ3n) is 7.03. The molecule has 0 atom stereocenters. The van der Waals surface area contributed by atoms with Crippen LogP contribution in [0, 0.1) is 0 Å². The molecule has 0 N–H and O–H groups in total. The lowest BCUT2D eigenvalue weighted by Gasteiger charge is -2.38. The molecule has 0 aliphatic heterocycles. The van der Waals surface area contributed by atoms with E-state index in [1.54, 1.807) is 0 Å². The summed E-state index contributed by atoms with van der Waals surface area (Å²) in [4.78, 5) is 2.18. The van der Waals surface area contributed by atoms with Crippen molar-refractivity contribution in [3.63, 3.8) is 0 Å². The molecule has 7 rings (SSSR count). The highest BCUT2D eigenvalue weighted by Gasteiger charge is 2.39. The molecule has 6 heteroatoms. The lowest BCUT2D eigenvalue weighted by atomic mass is 9.67. The molecule has 4 aromatic rings. The molecule has 1 saturated carbocycles. The highest BCUT2D eigenvalue weighted by atomic mass is 16.5. The van der Waals surface area contributed by atoms with Gasteiger partial charge in [-0.3, -0.25) is 0 Å². The largest absolute Gasteiger partial charge is 0.472 e. The molecule has 0 amide bonds. The summed E-state index contributed by atoms with van der Waals surface area (Å²) in [7, 11) is 4.18. The van der Waals surface area contributed by atoms with Crippen molar-refractivity contribution in [1.82, 2.24) is 24.7 Å². The number of hydrogen-bond acceptors (Lipinski definition) is 5. The summed E-state index contributed by atoms with van der Waals surface area (Å²) in [5.41, 5.74) is 6.97. The maximum absolute atomic E-state index is 6.47. The first-order valence-electron chi connectivity index (χ1n) is 11.9. The summed E-state index contributed by atoms with van der Waals surface area (Å²) in [6.45, 7) is 1.42. The van der Waals surface area contributed by atoms with Crippen LogP contribution in [0.1, 0.15) is 59.8 Å². The zero-order chi connectivity index (χ0) is 22.4. The molecule has 1 fully saturated rings. The van der Waals surface area contributed by atoms with E-state index in [1.165, 1.54) is 42.4 Å². The van der Waals surface area contributed by atoms with Gasteiger partial charge in [0.15, 0.2) is 11.5 Å². The number of nitrogens with zero attached hydrogens (tertiary/aromatic N) is 5. The van der Waals surface area contributed by atoms with Gasteiger partial charge in [-0.1, -0.05) is 54.6 Å². The Labute approximate surface area is 194 Å². The minimum Gasteiger partial charge on any atom is -0.472 e. The van der Waals surface area contributed by atoms with Crippen LogP contribution in [-0.4, -0.2) is 38.8 Å². The molecule has 2 aromatic heterocycles. The monoisotopic (exact) mass is 439 g/mol. The normalized spacial score (nSPS) is 19.2. The van der Waals surface area contributed by atoms with Gasteiger partial charge in [-0.2, -0.15) is 4.52 Å². The molecule has 3 aliphatic rings. The van der Waals surface area contributed by atoms with E-state index in [0.717, 1.165) is 35.0 Å². The standard InChI is InChI=1S/C27H29N5O/c1-31(2)16-18-7-6-8-19(15-18)17-33-27-24-21-13-11-20(12-14-21)23(24)26-29-28-25(32(26)30-27)22-9-4-3-5-10-22/h3-10,15,20-21H,11-14,16-17H2,1-2H3. The average molecular weight is 440 g/mol. The van der Waals surface area contributed by atoms with Gasteiger partial charge in [0.2, 0.25) is 5.88 Å². The van der Waals surface area contributed by atoms with Gasteiger partial charge in [0.1, 0.15) is 6.61 Å². The Morgan fingerprint density at radius 1 is 0.879 bits per heavy atom. The number of hydrogen-bond donors (Lipinski definition) is 0. The Kier molecular flexibility index (Phi) is 5.10. The van der Waals surface area contributed by atoms with Crippen LogP contribution in [0.4, 0.5) is 0 Å². The predicted molar refractivity (Wildman–Crippen MR) is 128 cm³/mol. The smallest absolute Gasteiger partial charge is 0.236 e. The summed E-state index contributed by atoms with van der Waals surface area (Å²) in [6, 6.07) is 18.8. The van der Waals surface area contributed by atoms with E-state index in [-0.39, 0.29) is 0 Å². The van der Waals surface area contributed by atoms with Crippen LogP contribution < -0.4 is 4.74 Å². The average Bonchev–Trinajstić information content (AvgIpc) is 3.27. The topological polar surface area (TPSA) is 55.5 Å². The molecule has 2 heterocycles. The van der Waals surface area contributed by atoms with E-state index >= 15 is 0 Å². The number of benzene rings is 2. The first-order chi connectivity index (χ1) is 16.2. The predicted octanol–water partition coefficient (Wildman–Crippen LogP) is 5.19. The molecule has 0 unspecified atom stereocenters. The number of ether oxygens (including phenoxy) is 1. The van der Waals surface area contributed by atoms with E-state index in [1.807, 2.05) is 22.7 Å². The molecule has 2 bridgehead atoms. The van der Waals surface area contributed by atoms with Crippen LogP contribution in [-0.2, 0) is 13.2 Å². The van der Waals surface area contributed by atoms with Crippen LogP contribution in [0.5, 0.6) is 5.88 Å². The van der Waals surface area contributed by atoms with Crippen molar-refractivity contribution >= 4 is 5.65 Å². The number of fused-ring (bicyclic) bond motifs is 3. The molecular weight excluding hydrogens is 410 g/mol. The van der Waals surface area contributed by atoms with Gasteiger partial charge in [-0.05, 0) is 62.7 Å². The second kappa shape index (κ2) is 8.27. The lowest BCUT2D eigenvalue weighted by molar-refractivity contribution is 0.268. The second-order valence-corrected chi connectivity index (χ2v) is 9.65. The number of aromatic nitrogens is 4. The second-order valence-electron chi connectivity index (χ2n) is 9.65. The zero-order valence-electron chi connectivity index (χ0n) is 19.2. The summed E-state index contributed by atoms with van der Waals surface area (Å²) in [6.07, 6.45) is 4.86. The third-order valence-corrected chi connectivity index (χ3v) is 7.03. The highest BCUT2D eigenvalue weighted by molar-refractivity contribution is 5.65. The SMILES string of the molecule is CN(C)Cc1cccc(COc2nn3c(-c4ccccc4)nnc3c3c2C2CCC3CC2)c1. The maximum atomic E-state index is 6.47. The minimum atomic E-state index is 0.506. The Balaban J connectivity index is 1.42. The summed E-state index contributed by atoms with van der Waals surface area (Å²) in [5.74, 6) is 2.55. The molecule has 6 nitrogen and oxygen atoms in total. The van der Waals surface area contributed by atoms with Gasteiger partial charge in [-0.15, -0.1) is 15.3 Å². The van der Waals surface area contributed by atoms with Gasteiger partial charge in [0, 0.05) is 23.2 Å². The van der Waals surface area contributed by atoms with Crippen molar-refractivity contribution in [2.24, 2.45) is 0 Å². The van der Waals surface area contributed by atoms with Crippen LogP contribution in [0.15, 0.2) is 54.6 Å². The molecule has 3 aliphatic carbocycles. The van der Waals surface area contributed by atoms with Gasteiger partial charge >= 0.3 is 0 Å². The quantitative estimate of drug-likeness (QED) is 0.414. The fraction of sp³-hybridized carbons (Fsp3) is 0.370. The molecule has 2 aromatic carbocycles. The van der Waals surface area contributed by atoms with Crippen LogP contribution in [0.3, 0.4) is 0 Å².